The first-order valence-electron chi connectivity index (χ1n) is 5.55. The zero-order valence-electron chi connectivity index (χ0n) is 10.7. The van der Waals surface area contributed by atoms with Crippen LogP contribution in [0.25, 0.3) is 0 Å². The number of carbonyl (C=O) groups excluding carboxylic acids is 1. The molecular formula is C11H21N2O3. The third kappa shape index (κ3) is 2.65. The highest BCUT2D eigenvalue weighted by molar-refractivity contribution is 5.66. The smallest absolute Gasteiger partial charge is 0.407 e. The maximum Gasteiger partial charge on any atom is 0.407 e. The Morgan fingerprint density at radius 3 is 2.06 bits per heavy atom. The SMILES string of the molecule is CNC(=O)OC1CC(C)(C)N([O])C(C)(C)C1. The summed E-state index contributed by atoms with van der Waals surface area (Å²) >= 11 is 0. The van der Waals surface area contributed by atoms with Crippen molar-refractivity contribution in [1.82, 2.24) is 10.4 Å². The molecule has 1 radical (unpaired) electrons. The Kier molecular flexibility index (Phi) is 3.50. The summed E-state index contributed by atoms with van der Waals surface area (Å²) in [5, 5.41) is 15.6. The number of hydrogen-bond donors (Lipinski definition) is 1. The van der Waals surface area contributed by atoms with Crippen molar-refractivity contribution in [2.45, 2.75) is 57.7 Å². The summed E-state index contributed by atoms with van der Waals surface area (Å²) in [5.74, 6) is 0. The van der Waals surface area contributed by atoms with Gasteiger partial charge in [0.15, 0.2) is 0 Å². The minimum Gasteiger partial charge on any atom is -0.446 e. The standard InChI is InChI=1S/C11H21N2O3/c1-10(2)6-8(16-9(14)12-5)7-11(3,4)13(10)15/h8H,6-7H2,1-5H3,(H,12,14). The van der Waals surface area contributed by atoms with Crippen LogP contribution in [0.1, 0.15) is 40.5 Å². The molecule has 1 saturated heterocycles. The van der Waals surface area contributed by atoms with Crippen molar-refractivity contribution < 1.29 is 14.7 Å². The second kappa shape index (κ2) is 4.22. The molecule has 0 spiro atoms. The largest absolute Gasteiger partial charge is 0.446 e. The number of nitrogens with zero attached hydrogens (tertiary/aromatic N) is 1. The Hall–Kier alpha value is -0.810. The molecule has 1 rings (SSSR count). The summed E-state index contributed by atoms with van der Waals surface area (Å²) in [5.41, 5.74) is -0.999. The van der Waals surface area contributed by atoms with Crippen LogP contribution in [-0.4, -0.2) is 35.4 Å². The van der Waals surface area contributed by atoms with Crippen molar-refractivity contribution in [1.29, 1.82) is 0 Å². The highest BCUT2D eigenvalue weighted by Crippen LogP contribution is 2.38. The van der Waals surface area contributed by atoms with E-state index < -0.39 is 17.2 Å². The first kappa shape index (κ1) is 13.3. The van der Waals surface area contributed by atoms with E-state index in [0.29, 0.717) is 12.8 Å². The Morgan fingerprint density at radius 1 is 1.25 bits per heavy atom. The number of piperidine rings is 1. The quantitative estimate of drug-likeness (QED) is 0.744. The predicted molar refractivity (Wildman–Crippen MR) is 59.2 cm³/mol. The van der Waals surface area contributed by atoms with Gasteiger partial charge in [0.1, 0.15) is 6.10 Å². The van der Waals surface area contributed by atoms with Gasteiger partial charge in [-0.3, -0.25) is 0 Å². The number of rotatable bonds is 1. The van der Waals surface area contributed by atoms with Crippen LogP contribution in [-0.2, 0) is 9.94 Å². The summed E-state index contributed by atoms with van der Waals surface area (Å²) in [6.45, 7) is 7.50. The number of alkyl carbamates (subject to hydrolysis) is 1. The Balaban J connectivity index is 2.75. The van der Waals surface area contributed by atoms with E-state index in [1.807, 2.05) is 27.7 Å². The number of carbonyl (C=O) groups is 1. The Labute approximate surface area is 96.7 Å². The zero-order valence-corrected chi connectivity index (χ0v) is 10.7. The molecule has 1 aliphatic heterocycles. The summed E-state index contributed by atoms with van der Waals surface area (Å²) in [7, 11) is 1.53. The van der Waals surface area contributed by atoms with Crippen molar-refractivity contribution in [3.8, 4) is 0 Å². The molecule has 1 heterocycles. The van der Waals surface area contributed by atoms with Crippen LogP contribution < -0.4 is 5.32 Å². The van der Waals surface area contributed by atoms with Gasteiger partial charge in [-0.05, 0) is 27.7 Å². The molecule has 16 heavy (non-hydrogen) atoms. The zero-order chi connectivity index (χ0) is 12.6. The number of hydrogen-bond acceptors (Lipinski definition) is 3. The lowest BCUT2D eigenvalue weighted by Crippen LogP contribution is -2.60. The molecule has 1 fully saturated rings. The van der Waals surface area contributed by atoms with Gasteiger partial charge in [0.05, 0.1) is 0 Å². The second-order valence-electron chi connectivity index (χ2n) is 5.60. The van der Waals surface area contributed by atoms with Crippen molar-refractivity contribution in [3.63, 3.8) is 0 Å². The van der Waals surface area contributed by atoms with Crippen LogP contribution in [0.15, 0.2) is 0 Å². The summed E-state index contributed by atoms with van der Waals surface area (Å²) in [4.78, 5) is 11.2. The molecule has 93 valence electrons. The maximum absolute atomic E-state index is 12.0. The molecule has 1 aliphatic rings. The van der Waals surface area contributed by atoms with E-state index >= 15 is 0 Å². The highest BCUT2D eigenvalue weighted by atomic mass is 16.6. The van der Waals surface area contributed by atoms with Gasteiger partial charge in [-0.15, -0.1) is 10.3 Å². The fourth-order valence-electron chi connectivity index (χ4n) is 2.47. The van der Waals surface area contributed by atoms with Crippen molar-refractivity contribution in [3.05, 3.63) is 0 Å². The normalized spacial score (nSPS) is 25.1. The summed E-state index contributed by atoms with van der Waals surface area (Å²) in [6.07, 6.45) is 0.492. The van der Waals surface area contributed by atoms with Crippen LogP contribution in [0.3, 0.4) is 0 Å². The van der Waals surface area contributed by atoms with Gasteiger partial charge in [-0.25, -0.2) is 4.79 Å². The molecule has 0 atom stereocenters. The van der Waals surface area contributed by atoms with Gasteiger partial charge >= 0.3 is 6.09 Å². The van der Waals surface area contributed by atoms with E-state index in [1.165, 1.54) is 7.05 Å². The molecule has 1 amide bonds. The average molecular weight is 229 g/mol. The molecule has 0 saturated carbocycles. The lowest BCUT2D eigenvalue weighted by atomic mass is 9.80. The molecule has 5 heteroatoms. The van der Waals surface area contributed by atoms with Crippen LogP contribution in [0.4, 0.5) is 4.79 Å². The van der Waals surface area contributed by atoms with Crippen molar-refractivity contribution >= 4 is 6.09 Å². The highest BCUT2D eigenvalue weighted by Gasteiger charge is 2.47. The molecule has 1 N–H and O–H groups in total. The molecule has 0 aromatic heterocycles. The second-order valence-corrected chi connectivity index (χ2v) is 5.60. The molecule has 0 unspecified atom stereocenters. The summed E-state index contributed by atoms with van der Waals surface area (Å²) in [6, 6.07) is 0. The average Bonchev–Trinajstić information content (AvgIpc) is 2.13. The van der Waals surface area contributed by atoms with Gasteiger partial charge < -0.3 is 10.1 Å². The van der Waals surface area contributed by atoms with E-state index in [2.05, 4.69) is 5.32 Å². The molecule has 0 aliphatic carbocycles. The molecule has 5 nitrogen and oxygen atoms in total. The van der Waals surface area contributed by atoms with Gasteiger partial charge in [-0.1, -0.05) is 0 Å². The maximum atomic E-state index is 12.0. The summed E-state index contributed by atoms with van der Waals surface area (Å²) < 4.78 is 5.24. The number of amides is 1. The van der Waals surface area contributed by atoms with E-state index in [9.17, 15) is 10.0 Å². The first-order chi connectivity index (χ1) is 7.19. The fraction of sp³-hybridized carbons (Fsp3) is 0.909. The van der Waals surface area contributed by atoms with Crippen LogP contribution in [0, 0.1) is 0 Å². The third-order valence-electron chi connectivity index (χ3n) is 3.03. The number of hydroxylamine groups is 2. The topological polar surface area (TPSA) is 61.5 Å². The van der Waals surface area contributed by atoms with Crippen LogP contribution >= 0.6 is 0 Å². The fourth-order valence-corrected chi connectivity index (χ4v) is 2.47. The Morgan fingerprint density at radius 2 is 1.69 bits per heavy atom. The predicted octanol–water partition coefficient (Wildman–Crippen LogP) is 1.71. The monoisotopic (exact) mass is 229 g/mol. The van der Waals surface area contributed by atoms with E-state index in [1.54, 1.807) is 0 Å². The number of ether oxygens (including phenoxy) is 1. The minimum atomic E-state index is -0.500. The lowest BCUT2D eigenvalue weighted by Gasteiger charge is -2.49. The van der Waals surface area contributed by atoms with Crippen LogP contribution in [0.5, 0.6) is 0 Å². The lowest BCUT2D eigenvalue weighted by molar-refractivity contribution is -0.298. The number of nitrogens with one attached hydrogen (secondary N) is 1. The van der Waals surface area contributed by atoms with Gasteiger partial charge in [0.25, 0.3) is 0 Å². The molecule has 0 aromatic carbocycles. The molecule has 0 bridgehead atoms. The van der Waals surface area contributed by atoms with Gasteiger partial charge in [0, 0.05) is 31.0 Å². The first-order valence-corrected chi connectivity index (χ1v) is 5.55. The molecule has 0 aromatic rings. The van der Waals surface area contributed by atoms with Crippen molar-refractivity contribution in [2.75, 3.05) is 7.05 Å². The molecular weight excluding hydrogens is 208 g/mol. The van der Waals surface area contributed by atoms with E-state index in [0.717, 1.165) is 5.06 Å². The van der Waals surface area contributed by atoms with E-state index in [-0.39, 0.29) is 6.10 Å². The van der Waals surface area contributed by atoms with E-state index in [4.69, 9.17) is 4.74 Å². The minimum absolute atomic E-state index is 0.199. The van der Waals surface area contributed by atoms with Crippen molar-refractivity contribution in [2.24, 2.45) is 0 Å². The van der Waals surface area contributed by atoms with Crippen LogP contribution in [0.2, 0.25) is 0 Å². The third-order valence-corrected chi connectivity index (χ3v) is 3.03. The van der Waals surface area contributed by atoms with Gasteiger partial charge in [0.2, 0.25) is 0 Å². The van der Waals surface area contributed by atoms with Gasteiger partial charge in [-0.2, -0.15) is 0 Å². The Bertz CT molecular complexity index is 258.